The normalized spacial score (nSPS) is 18.9. The maximum absolute atomic E-state index is 13.0. The number of amides is 2. The molecule has 3 aromatic rings. The lowest BCUT2D eigenvalue weighted by molar-refractivity contribution is -0.122. The van der Waals surface area contributed by atoms with Gasteiger partial charge in [0.15, 0.2) is 6.10 Å². The minimum Gasteiger partial charge on any atom is -0.481 e. The van der Waals surface area contributed by atoms with Crippen molar-refractivity contribution in [3.05, 3.63) is 87.4 Å². The van der Waals surface area contributed by atoms with Gasteiger partial charge in [0.2, 0.25) is 5.91 Å². The summed E-state index contributed by atoms with van der Waals surface area (Å²) in [5.41, 5.74) is 1.39. The fraction of sp³-hybridized carbons (Fsp3) is 0.200. The first-order chi connectivity index (χ1) is 16.6. The molecule has 1 saturated carbocycles. The third-order valence-electron chi connectivity index (χ3n) is 5.50. The average molecular weight is 573 g/mol. The molecule has 0 aliphatic heterocycles. The number of carbonyl (C=O) groups is 2. The summed E-state index contributed by atoms with van der Waals surface area (Å²) < 4.78 is 4.33. The Bertz CT molecular complexity index is 1250. The molecule has 0 saturated heterocycles. The SMILES string of the molecule is CC(Oc1ccccc1)C(=O)Nc1cc(NC(=O)C2C(c3cc(Cl)cc(Cl)c3)C2(Cl)Cl)ccc1Cl. The van der Waals surface area contributed by atoms with E-state index in [1.54, 1.807) is 55.5 Å². The lowest BCUT2D eigenvalue weighted by Crippen LogP contribution is -2.30. The maximum atomic E-state index is 13.0. The molecule has 5 nitrogen and oxygen atoms in total. The van der Waals surface area contributed by atoms with E-state index in [0.717, 1.165) is 0 Å². The number of nitrogens with one attached hydrogen (secondary N) is 2. The molecule has 0 aromatic heterocycles. The molecule has 2 N–H and O–H groups in total. The Balaban J connectivity index is 1.44. The Morgan fingerprint density at radius 3 is 2.23 bits per heavy atom. The highest BCUT2D eigenvalue weighted by atomic mass is 35.5. The van der Waals surface area contributed by atoms with E-state index in [2.05, 4.69) is 10.6 Å². The largest absolute Gasteiger partial charge is 0.481 e. The van der Waals surface area contributed by atoms with E-state index in [4.69, 9.17) is 62.7 Å². The van der Waals surface area contributed by atoms with Crippen molar-refractivity contribution in [2.45, 2.75) is 23.3 Å². The molecular weight excluding hydrogens is 554 g/mol. The zero-order valence-corrected chi connectivity index (χ0v) is 22.0. The Hall–Kier alpha value is -2.15. The van der Waals surface area contributed by atoms with Gasteiger partial charge in [0.1, 0.15) is 10.1 Å². The van der Waals surface area contributed by atoms with Crippen molar-refractivity contribution >= 4 is 81.2 Å². The van der Waals surface area contributed by atoms with Gasteiger partial charge in [-0.3, -0.25) is 9.59 Å². The maximum Gasteiger partial charge on any atom is 0.265 e. The van der Waals surface area contributed by atoms with Gasteiger partial charge in [0.25, 0.3) is 5.91 Å². The molecule has 3 atom stereocenters. The minimum atomic E-state index is -1.31. The van der Waals surface area contributed by atoms with Crippen LogP contribution in [-0.2, 0) is 9.59 Å². The predicted molar refractivity (Wildman–Crippen MR) is 142 cm³/mol. The molecule has 3 unspecified atom stereocenters. The first kappa shape index (κ1) is 25.9. The number of anilines is 2. The zero-order chi connectivity index (χ0) is 25.3. The van der Waals surface area contributed by atoms with Crippen molar-refractivity contribution in [2.75, 3.05) is 10.6 Å². The van der Waals surface area contributed by atoms with Gasteiger partial charge >= 0.3 is 0 Å². The molecule has 10 heteroatoms. The zero-order valence-electron chi connectivity index (χ0n) is 18.2. The molecule has 4 rings (SSSR count). The van der Waals surface area contributed by atoms with Gasteiger partial charge in [-0.15, -0.1) is 23.2 Å². The molecule has 0 spiro atoms. The summed E-state index contributed by atoms with van der Waals surface area (Å²) in [6.07, 6.45) is -0.781. The van der Waals surface area contributed by atoms with Crippen molar-refractivity contribution in [3.8, 4) is 5.75 Å². The van der Waals surface area contributed by atoms with Crippen LogP contribution in [0, 0.1) is 5.92 Å². The van der Waals surface area contributed by atoms with Gasteiger partial charge in [0, 0.05) is 21.7 Å². The molecule has 0 radical (unpaired) electrons. The lowest BCUT2D eigenvalue weighted by atomic mass is 10.1. The highest BCUT2D eigenvalue weighted by Gasteiger charge is 2.67. The third-order valence-corrected chi connectivity index (χ3v) is 7.20. The van der Waals surface area contributed by atoms with E-state index in [-0.39, 0.29) is 0 Å². The first-order valence-corrected chi connectivity index (χ1v) is 12.4. The van der Waals surface area contributed by atoms with Gasteiger partial charge in [-0.05, 0) is 61.0 Å². The molecule has 2 amide bonds. The predicted octanol–water partition coefficient (Wildman–Crippen LogP) is 7.58. The number of para-hydroxylation sites is 1. The van der Waals surface area contributed by atoms with Gasteiger partial charge in [0.05, 0.1) is 16.6 Å². The van der Waals surface area contributed by atoms with Gasteiger partial charge in [-0.1, -0.05) is 53.0 Å². The van der Waals surface area contributed by atoms with Crippen molar-refractivity contribution < 1.29 is 14.3 Å². The summed E-state index contributed by atoms with van der Waals surface area (Å²) >= 11 is 31.3. The molecule has 0 heterocycles. The molecule has 182 valence electrons. The summed E-state index contributed by atoms with van der Waals surface area (Å²) in [6.45, 7) is 1.62. The van der Waals surface area contributed by atoms with Crippen LogP contribution >= 0.6 is 58.0 Å². The Labute approximate surface area is 227 Å². The van der Waals surface area contributed by atoms with Gasteiger partial charge < -0.3 is 15.4 Å². The number of benzene rings is 3. The minimum absolute atomic E-state index is 0.296. The van der Waals surface area contributed by atoms with Crippen molar-refractivity contribution in [3.63, 3.8) is 0 Å². The van der Waals surface area contributed by atoms with Crippen LogP contribution in [0.4, 0.5) is 11.4 Å². The van der Waals surface area contributed by atoms with E-state index in [9.17, 15) is 9.59 Å². The highest BCUT2D eigenvalue weighted by Crippen LogP contribution is 2.65. The first-order valence-electron chi connectivity index (χ1n) is 10.5. The van der Waals surface area contributed by atoms with Gasteiger partial charge in [-0.25, -0.2) is 0 Å². The molecule has 1 aliphatic rings. The Kier molecular flexibility index (Phi) is 7.74. The molecule has 1 aliphatic carbocycles. The fourth-order valence-electron chi connectivity index (χ4n) is 3.73. The number of alkyl halides is 2. The summed E-state index contributed by atoms with van der Waals surface area (Å²) in [6, 6.07) is 18.6. The number of hydrogen-bond donors (Lipinski definition) is 2. The van der Waals surface area contributed by atoms with E-state index in [1.165, 1.54) is 0 Å². The number of carbonyl (C=O) groups excluding carboxylic acids is 2. The molecule has 0 bridgehead atoms. The van der Waals surface area contributed by atoms with E-state index < -0.39 is 34.1 Å². The quantitative estimate of drug-likeness (QED) is 0.287. The van der Waals surface area contributed by atoms with Crippen molar-refractivity contribution in [1.82, 2.24) is 0 Å². The second-order valence-corrected chi connectivity index (χ2v) is 10.8. The van der Waals surface area contributed by atoms with E-state index in [1.807, 2.05) is 18.2 Å². The van der Waals surface area contributed by atoms with Crippen LogP contribution in [0.25, 0.3) is 0 Å². The average Bonchev–Trinajstić information content (AvgIpc) is 3.38. The topological polar surface area (TPSA) is 67.4 Å². The van der Waals surface area contributed by atoms with Crippen LogP contribution in [0.1, 0.15) is 18.4 Å². The summed E-state index contributed by atoms with van der Waals surface area (Å²) in [5.74, 6) is -1.44. The highest BCUT2D eigenvalue weighted by molar-refractivity contribution is 6.53. The van der Waals surface area contributed by atoms with Crippen LogP contribution < -0.4 is 15.4 Å². The van der Waals surface area contributed by atoms with E-state index in [0.29, 0.717) is 37.8 Å². The van der Waals surface area contributed by atoms with E-state index >= 15 is 0 Å². The fourth-order valence-corrected chi connectivity index (χ4v) is 5.27. The summed E-state index contributed by atoms with van der Waals surface area (Å²) in [7, 11) is 0. The van der Waals surface area contributed by atoms with Crippen molar-refractivity contribution in [2.24, 2.45) is 5.92 Å². The van der Waals surface area contributed by atoms with Crippen LogP contribution in [0.3, 0.4) is 0 Å². The van der Waals surface area contributed by atoms with Gasteiger partial charge in [-0.2, -0.15) is 0 Å². The smallest absolute Gasteiger partial charge is 0.265 e. The second-order valence-electron chi connectivity index (χ2n) is 8.08. The standard InChI is InChI=1S/C25H19Cl5N2O3/c1-13(35-18-5-3-2-4-6-18)23(33)32-20-12-17(7-8-19(20)28)31-24(34)22-21(25(22,29)30)14-9-15(26)11-16(27)10-14/h2-13,21-22H,1H3,(H,31,34)(H,32,33). The van der Waals surface area contributed by atoms with Crippen LogP contribution in [0.2, 0.25) is 15.1 Å². The number of ether oxygens (including phenoxy) is 1. The molecular formula is C25H19Cl5N2O3. The van der Waals surface area contributed by atoms with Crippen LogP contribution in [0.15, 0.2) is 66.7 Å². The Morgan fingerprint density at radius 1 is 0.914 bits per heavy atom. The lowest BCUT2D eigenvalue weighted by Gasteiger charge is -2.16. The molecule has 1 fully saturated rings. The van der Waals surface area contributed by atoms with Crippen LogP contribution in [0.5, 0.6) is 5.75 Å². The molecule has 35 heavy (non-hydrogen) atoms. The number of halogens is 5. The second kappa shape index (κ2) is 10.5. The summed E-state index contributed by atoms with van der Waals surface area (Å²) in [5, 5.41) is 6.65. The van der Waals surface area contributed by atoms with Crippen LogP contribution in [-0.4, -0.2) is 22.3 Å². The monoisotopic (exact) mass is 570 g/mol. The third kappa shape index (κ3) is 5.99. The van der Waals surface area contributed by atoms with Crippen molar-refractivity contribution in [1.29, 1.82) is 0 Å². The Morgan fingerprint density at radius 2 is 1.57 bits per heavy atom. The number of rotatable bonds is 7. The molecule has 3 aromatic carbocycles. The summed E-state index contributed by atoms with van der Waals surface area (Å²) in [4.78, 5) is 25.6. The number of hydrogen-bond acceptors (Lipinski definition) is 3.